The molecule has 0 fully saturated rings. The number of aliphatic carboxylic acids is 1. The summed E-state index contributed by atoms with van der Waals surface area (Å²) < 4.78 is 11.2. The first kappa shape index (κ1) is 31.3. The summed E-state index contributed by atoms with van der Waals surface area (Å²) in [5, 5.41) is 8.97. The second-order valence-corrected chi connectivity index (χ2v) is 10.6. The van der Waals surface area contributed by atoms with Crippen LogP contribution in [0.4, 0.5) is 0 Å². The van der Waals surface area contributed by atoms with E-state index in [-0.39, 0.29) is 30.7 Å². The molecule has 1 N–H and O–H groups in total. The summed E-state index contributed by atoms with van der Waals surface area (Å²) >= 11 is 0. The normalized spacial score (nSPS) is 13.9. The van der Waals surface area contributed by atoms with Crippen molar-refractivity contribution in [3.8, 4) is 0 Å². The third kappa shape index (κ3) is 11.4. The smallest absolute Gasteiger partial charge is 0.320 e. The summed E-state index contributed by atoms with van der Waals surface area (Å²) in [4.78, 5) is 48.9. The van der Waals surface area contributed by atoms with Gasteiger partial charge in [0.15, 0.2) is 0 Å². The minimum atomic E-state index is -1.31. The number of esters is 2. The van der Waals surface area contributed by atoms with Crippen molar-refractivity contribution in [1.82, 2.24) is 0 Å². The van der Waals surface area contributed by atoms with Crippen molar-refractivity contribution < 1.29 is 33.8 Å². The Labute approximate surface area is 215 Å². The highest BCUT2D eigenvalue weighted by atomic mass is 16.6. The van der Waals surface area contributed by atoms with Gasteiger partial charge in [0.05, 0.1) is 6.42 Å². The molecular weight excluding hydrogens is 460 g/mol. The van der Waals surface area contributed by atoms with E-state index in [9.17, 15) is 19.2 Å². The summed E-state index contributed by atoms with van der Waals surface area (Å²) in [5.74, 6) is -1.99. The average molecular weight is 505 g/mol. The Morgan fingerprint density at radius 3 is 1.97 bits per heavy atom. The molecule has 7 nitrogen and oxygen atoms in total. The molecule has 0 aliphatic carbocycles. The number of hydrogen-bond donors (Lipinski definition) is 1. The van der Waals surface area contributed by atoms with Crippen LogP contribution in [0, 0.1) is 5.41 Å². The number of aryl methyl sites for hydroxylation is 1. The predicted molar refractivity (Wildman–Crippen MR) is 139 cm³/mol. The number of rotatable bonds is 16. The van der Waals surface area contributed by atoms with Crippen LogP contribution in [0.15, 0.2) is 24.3 Å². The van der Waals surface area contributed by atoms with Gasteiger partial charge in [-0.25, -0.2) is 0 Å². The van der Waals surface area contributed by atoms with Crippen LogP contribution in [-0.4, -0.2) is 40.5 Å². The molecule has 1 aromatic rings. The molecule has 36 heavy (non-hydrogen) atoms. The van der Waals surface area contributed by atoms with Crippen molar-refractivity contribution in [3.05, 3.63) is 35.4 Å². The monoisotopic (exact) mass is 504 g/mol. The molecule has 0 saturated carbocycles. The number of Topliss-reactive ketones (excluding diaryl/α,β-unsaturated/α-hetero) is 1. The van der Waals surface area contributed by atoms with Gasteiger partial charge in [0.25, 0.3) is 0 Å². The van der Waals surface area contributed by atoms with Crippen LogP contribution in [0.2, 0.25) is 0 Å². The fourth-order valence-electron chi connectivity index (χ4n) is 4.31. The second kappa shape index (κ2) is 14.8. The van der Waals surface area contributed by atoms with Crippen molar-refractivity contribution >= 4 is 23.7 Å². The fourth-order valence-corrected chi connectivity index (χ4v) is 4.31. The molecule has 0 radical (unpaired) electrons. The first-order valence-corrected chi connectivity index (χ1v) is 13.0. The maximum absolute atomic E-state index is 13.4. The minimum Gasteiger partial charge on any atom is -0.481 e. The molecule has 1 rings (SSSR count). The summed E-state index contributed by atoms with van der Waals surface area (Å²) in [5.41, 5.74) is -0.444. The van der Waals surface area contributed by atoms with E-state index >= 15 is 0 Å². The molecule has 1 aromatic carbocycles. The largest absolute Gasteiger partial charge is 0.481 e. The van der Waals surface area contributed by atoms with E-state index in [1.165, 1.54) is 13.8 Å². The predicted octanol–water partition coefficient (Wildman–Crippen LogP) is 5.85. The molecule has 0 amide bonds. The van der Waals surface area contributed by atoms with Gasteiger partial charge in [-0.15, -0.1) is 0 Å². The quantitative estimate of drug-likeness (QED) is 0.171. The van der Waals surface area contributed by atoms with Crippen molar-refractivity contribution in [1.29, 1.82) is 0 Å². The summed E-state index contributed by atoms with van der Waals surface area (Å²) in [6.45, 7) is 10.3. The van der Waals surface area contributed by atoms with E-state index in [4.69, 9.17) is 14.6 Å². The Morgan fingerprint density at radius 2 is 1.47 bits per heavy atom. The topological polar surface area (TPSA) is 107 Å². The van der Waals surface area contributed by atoms with Crippen molar-refractivity contribution in [2.75, 3.05) is 0 Å². The lowest BCUT2D eigenvalue weighted by Gasteiger charge is -2.33. The lowest BCUT2D eigenvalue weighted by molar-refractivity contribution is -0.171. The number of ether oxygens (including phenoxy) is 2. The van der Waals surface area contributed by atoms with E-state index < -0.39 is 23.0 Å². The third-order valence-electron chi connectivity index (χ3n) is 6.27. The molecule has 7 heteroatoms. The molecule has 202 valence electrons. The van der Waals surface area contributed by atoms with Crippen LogP contribution in [0.25, 0.3) is 0 Å². The number of carbonyl (C=O) groups excluding carboxylic acids is 3. The SMILES string of the molecule is CCCCCC(CCCC(CCc1ccc(CC(=O)O)cc1)(C(C)=O)C(=O)OC(C)(C)C)OC(C)=O. The van der Waals surface area contributed by atoms with Gasteiger partial charge in [-0.3, -0.25) is 19.2 Å². The van der Waals surface area contributed by atoms with Gasteiger partial charge in [0.1, 0.15) is 22.9 Å². The number of carboxylic acids is 1. The maximum atomic E-state index is 13.4. The van der Waals surface area contributed by atoms with Crippen LogP contribution in [0.5, 0.6) is 0 Å². The molecule has 2 unspecified atom stereocenters. The van der Waals surface area contributed by atoms with E-state index in [0.29, 0.717) is 31.2 Å². The fraction of sp³-hybridized carbons (Fsp3) is 0.655. The Hall–Kier alpha value is -2.70. The van der Waals surface area contributed by atoms with Gasteiger partial charge in [0.2, 0.25) is 0 Å². The van der Waals surface area contributed by atoms with Gasteiger partial charge in [-0.1, -0.05) is 44.0 Å². The van der Waals surface area contributed by atoms with E-state index in [2.05, 4.69) is 6.92 Å². The Morgan fingerprint density at radius 1 is 0.889 bits per heavy atom. The van der Waals surface area contributed by atoms with Gasteiger partial charge in [0, 0.05) is 6.92 Å². The summed E-state index contributed by atoms with van der Waals surface area (Å²) in [6.07, 6.45) is 5.71. The van der Waals surface area contributed by atoms with Crippen molar-refractivity contribution in [2.45, 2.75) is 117 Å². The molecule has 2 atom stereocenters. The average Bonchev–Trinajstić information content (AvgIpc) is 2.75. The van der Waals surface area contributed by atoms with Crippen molar-refractivity contribution in [2.24, 2.45) is 5.41 Å². The maximum Gasteiger partial charge on any atom is 0.320 e. The number of unbranched alkanes of at least 4 members (excludes halogenated alkanes) is 2. The number of hydrogen-bond acceptors (Lipinski definition) is 6. The molecular formula is C29H44O7. The van der Waals surface area contributed by atoms with Crippen molar-refractivity contribution in [3.63, 3.8) is 0 Å². The van der Waals surface area contributed by atoms with Gasteiger partial charge in [-0.05, 0) is 83.8 Å². The van der Waals surface area contributed by atoms with Gasteiger partial charge in [-0.2, -0.15) is 0 Å². The highest BCUT2D eigenvalue weighted by Crippen LogP contribution is 2.36. The van der Waals surface area contributed by atoms with Crippen LogP contribution in [0.1, 0.15) is 104 Å². The van der Waals surface area contributed by atoms with Crippen LogP contribution in [-0.2, 0) is 41.5 Å². The van der Waals surface area contributed by atoms with Gasteiger partial charge < -0.3 is 14.6 Å². The molecule has 0 saturated heterocycles. The first-order chi connectivity index (χ1) is 16.8. The van der Waals surface area contributed by atoms with E-state index in [1.807, 2.05) is 12.1 Å². The van der Waals surface area contributed by atoms with Gasteiger partial charge >= 0.3 is 17.9 Å². The highest BCUT2D eigenvalue weighted by Gasteiger charge is 2.45. The van der Waals surface area contributed by atoms with E-state index in [1.54, 1.807) is 32.9 Å². The lowest BCUT2D eigenvalue weighted by Crippen LogP contribution is -2.43. The third-order valence-corrected chi connectivity index (χ3v) is 6.27. The Balaban J connectivity index is 3.06. The van der Waals surface area contributed by atoms with E-state index in [0.717, 1.165) is 31.2 Å². The lowest BCUT2D eigenvalue weighted by atomic mass is 9.74. The molecule has 0 spiro atoms. The number of carboxylic acid groups (broad SMARTS) is 1. The molecule has 0 aromatic heterocycles. The zero-order chi connectivity index (χ0) is 27.4. The number of benzene rings is 1. The zero-order valence-corrected chi connectivity index (χ0v) is 22.9. The Kier molecular flexibility index (Phi) is 12.8. The molecule has 0 aliphatic heterocycles. The molecule has 0 bridgehead atoms. The Bertz CT molecular complexity index is 867. The summed E-state index contributed by atoms with van der Waals surface area (Å²) in [6, 6.07) is 7.18. The molecule has 0 heterocycles. The number of carbonyl (C=O) groups is 4. The standard InChI is InChI=1S/C29H44O7/c1-7-8-9-11-25(35-22(3)31)12-10-18-29(21(2)30,27(34)36-28(4,5)6)19-17-23-13-15-24(16-14-23)20-26(32)33/h13-16,25H,7-12,17-20H2,1-6H3,(H,32,33). The van der Waals surface area contributed by atoms with Crippen LogP contribution in [0.3, 0.4) is 0 Å². The first-order valence-electron chi connectivity index (χ1n) is 13.0. The second-order valence-electron chi connectivity index (χ2n) is 10.6. The minimum absolute atomic E-state index is 0.0582. The van der Waals surface area contributed by atoms with Crippen LogP contribution < -0.4 is 0 Å². The zero-order valence-electron chi connectivity index (χ0n) is 22.9. The highest BCUT2D eigenvalue weighted by molar-refractivity contribution is 6.02. The number of ketones is 1. The summed E-state index contributed by atoms with van der Waals surface area (Å²) in [7, 11) is 0. The molecule has 0 aliphatic rings. The van der Waals surface area contributed by atoms with Crippen LogP contribution >= 0.6 is 0 Å².